The number of aromatic carboxylic acids is 1. The summed E-state index contributed by atoms with van der Waals surface area (Å²) in [5, 5.41) is 71.0. The quantitative estimate of drug-likeness (QED) is 0.0339. The van der Waals surface area contributed by atoms with Gasteiger partial charge in [-0.3, -0.25) is 29.1 Å². The zero-order chi connectivity index (χ0) is 91.7. The van der Waals surface area contributed by atoms with Crippen LogP contribution in [-0.4, -0.2) is 233 Å². The summed E-state index contributed by atoms with van der Waals surface area (Å²) in [6.45, 7) is 23.3. The molecule has 0 aliphatic carbocycles. The van der Waals surface area contributed by atoms with E-state index in [-0.39, 0.29) is 92.9 Å². The molecule has 45 nitrogen and oxygen atoms in total. The molecule has 11 aromatic heterocycles. The zero-order valence-corrected chi connectivity index (χ0v) is 74.4. The van der Waals surface area contributed by atoms with E-state index >= 15 is 0 Å². The van der Waals surface area contributed by atoms with Crippen LogP contribution in [0.5, 0.6) is 0 Å². The predicted molar refractivity (Wildman–Crippen MR) is 469 cm³/mol. The van der Waals surface area contributed by atoms with Crippen LogP contribution in [0.1, 0.15) is 141 Å². The second-order valence-electron chi connectivity index (χ2n) is 32.8. The molecule has 0 saturated carbocycles. The number of benzene rings is 3. The first-order valence-electron chi connectivity index (χ1n) is 39.6. The van der Waals surface area contributed by atoms with Crippen LogP contribution >= 0.6 is 23.2 Å². The number of nitrogen functional groups attached to an aromatic ring is 1. The second-order valence-corrected chi connectivity index (χ2v) is 33.6. The lowest BCUT2D eigenvalue weighted by Gasteiger charge is -2.25. The van der Waals surface area contributed by atoms with Gasteiger partial charge >= 0.3 is 24.2 Å². The molecule has 2 aliphatic heterocycles. The summed E-state index contributed by atoms with van der Waals surface area (Å²) in [5.74, 6) is 0.318. The van der Waals surface area contributed by atoms with Crippen molar-refractivity contribution in [1.82, 2.24) is 119 Å². The molecule has 3 atom stereocenters. The first-order valence-corrected chi connectivity index (χ1v) is 40.3. The third-order valence-electron chi connectivity index (χ3n) is 18.6. The number of nitrogens with one attached hydrogen (secondary N) is 6. The molecular weight excluding hydrogens is 1690 g/mol. The van der Waals surface area contributed by atoms with Gasteiger partial charge in [0.15, 0.2) is 22.6 Å². The van der Waals surface area contributed by atoms with E-state index in [1.807, 2.05) is 57.2 Å². The van der Waals surface area contributed by atoms with E-state index in [1.54, 1.807) is 114 Å². The second kappa shape index (κ2) is 36.5. The van der Waals surface area contributed by atoms with Crippen molar-refractivity contribution < 1.29 is 67.1 Å². The Labute approximate surface area is 733 Å². The number of carbonyl (C=O) groups is 7. The van der Waals surface area contributed by atoms with Crippen molar-refractivity contribution >= 4 is 173 Å². The number of aryl methyl sites for hydroxylation is 3. The standard InChI is InChI=1S/C24H30ClN9O4.C24H29N9O4.C19H21N9O2.C13H15ClN4O4/c1-13(11-37-12-14-7-16(26)20-17(8-14)30-33(6)31-20)28-22(35)15-10-27-34-19(9-18(25)29-21(15)34)32(5)23(36)38-24(2,3)4;1-13-11-36-12-14-7-16(20-17(8-14)29-32(6)30-20)27-18-9-19(31(5)23(35)37-24(2,3)4)33-21(28-18)15(10-25-33)22(34)26-13;1-10-8-30-9-11-4-13(17-14(5-11)25-27(3)26-17)23-15-6-16(20-2)28-18(24-15)12(7-21-28)19(29)22-10;1-13(2,3)22-12(21)17(4)9-5-8(14)16-10-7(11(19)20)6-15-18(9)10/h7-10,13H,11-12,26H2,1-6H3,(H,28,35);7-10,13H,11-12H2,1-6H3,(H,26,34)(H,27,28);4-7,10,20H,8-9H2,1-3H3,(H,22,29)(H,23,24);5-6H,1-4H3,(H,19,20)/t2*13-;10-;/m111./s1. The van der Waals surface area contributed by atoms with Gasteiger partial charge in [0.1, 0.15) is 117 Å². The Bertz CT molecular complexity index is 6590. The first-order chi connectivity index (χ1) is 59.9. The van der Waals surface area contributed by atoms with E-state index in [0.29, 0.717) is 100 Å². The Morgan fingerprint density at radius 3 is 1.43 bits per heavy atom. The Kier molecular flexibility index (Phi) is 26.0. The zero-order valence-electron chi connectivity index (χ0n) is 72.9. The summed E-state index contributed by atoms with van der Waals surface area (Å²) < 4.78 is 39.3. The van der Waals surface area contributed by atoms with E-state index in [1.165, 1.54) is 87.5 Å². The molecule has 3 aromatic carbocycles. The number of ether oxygens (including phenoxy) is 6. The summed E-state index contributed by atoms with van der Waals surface area (Å²) in [5.41, 5.74) is 14.4. The minimum absolute atomic E-state index is 0.0425. The fourth-order valence-electron chi connectivity index (χ4n) is 13.1. The SMILES string of the molecule is CN(C(=O)OC(C)(C)C)c1cc(Cl)nc2c(C(=O)O)cnn12.CNc1cc2nc3c(cnn13)C(=O)N[C@H](C)COCc1cc(c3nn(C)nc3c1)N2.C[C@@H]1COCc2cc(c3nn(C)nc3c2)Nc2cc(N(C)C(=O)OC(C)(C)C)n3ncc(c3n2)C(=O)N1.C[C@H](COCc1cc(N)c2nn(C)nc2c1)NC(=O)c1cnn2c(N(C)C(=O)OC(C)(C)C)cc(Cl)nc12. The lowest BCUT2D eigenvalue weighted by Crippen LogP contribution is -2.36. The topological polar surface area (TPSA) is 516 Å². The fourth-order valence-corrected chi connectivity index (χ4v) is 13.4. The third-order valence-corrected chi connectivity index (χ3v) is 18.9. The van der Waals surface area contributed by atoms with Crippen molar-refractivity contribution in [3.63, 3.8) is 0 Å². The molecule has 9 N–H and O–H groups in total. The number of nitrogens with two attached hydrogens (primary N) is 1. The summed E-state index contributed by atoms with van der Waals surface area (Å²) in [4.78, 5) is 114. The van der Waals surface area contributed by atoms with Crippen LogP contribution in [0.15, 0.2) is 85.5 Å². The molecule has 0 unspecified atom stereocenters. The van der Waals surface area contributed by atoms with E-state index in [2.05, 4.69) is 103 Å². The van der Waals surface area contributed by atoms with Crippen LogP contribution in [0.25, 0.3) is 55.7 Å². The Hall–Kier alpha value is -14.3. The smallest absolute Gasteiger partial charge is 0.415 e. The van der Waals surface area contributed by atoms with E-state index in [0.717, 1.165) is 39.6 Å². The van der Waals surface area contributed by atoms with Crippen LogP contribution in [0.2, 0.25) is 10.3 Å². The number of rotatable bonds is 11. The number of aromatic nitrogens is 21. The molecule has 14 aromatic rings. The number of hydrogen-bond donors (Lipinski definition) is 8. The Morgan fingerprint density at radius 2 is 0.961 bits per heavy atom. The molecule has 2 aliphatic rings. The highest BCUT2D eigenvalue weighted by atomic mass is 35.5. The summed E-state index contributed by atoms with van der Waals surface area (Å²) >= 11 is 12.1. The third kappa shape index (κ3) is 21.0. The average molecular weight is 1790 g/mol. The summed E-state index contributed by atoms with van der Waals surface area (Å²) in [6.07, 6.45) is 3.65. The lowest BCUT2D eigenvalue weighted by atomic mass is 10.1. The number of nitrogens with zero attached hydrogens (tertiary/aromatic N) is 24. The van der Waals surface area contributed by atoms with Crippen molar-refractivity contribution in [1.29, 1.82) is 0 Å². The Balaban J connectivity index is 0.000000148. The van der Waals surface area contributed by atoms with Crippen molar-refractivity contribution in [3.05, 3.63) is 135 Å². The Morgan fingerprint density at radius 1 is 0.551 bits per heavy atom. The number of hydrogen-bond acceptors (Lipinski definition) is 31. The first kappa shape index (κ1) is 90.4. The van der Waals surface area contributed by atoms with Crippen molar-refractivity contribution in [2.24, 2.45) is 21.1 Å². The summed E-state index contributed by atoms with van der Waals surface area (Å²) in [7, 11) is 11.6. The molecule has 668 valence electrons. The highest BCUT2D eigenvalue weighted by Gasteiger charge is 2.32. The van der Waals surface area contributed by atoms with Gasteiger partial charge < -0.3 is 71.2 Å². The predicted octanol–water partition coefficient (Wildman–Crippen LogP) is 9.62. The van der Waals surface area contributed by atoms with Gasteiger partial charge in [0.2, 0.25) is 0 Å². The maximum atomic E-state index is 13.1. The molecule has 16 rings (SSSR count). The molecule has 6 amide bonds. The minimum atomic E-state index is -1.18. The minimum Gasteiger partial charge on any atom is -0.477 e. The molecule has 0 spiro atoms. The van der Waals surface area contributed by atoms with Crippen molar-refractivity contribution in [2.45, 2.75) is 138 Å². The molecule has 0 saturated heterocycles. The average Bonchev–Trinajstić information content (AvgIpc) is 1.70. The summed E-state index contributed by atoms with van der Waals surface area (Å²) in [6, 6.07) is 17.0. The van der Waals surface area contributed by atoms with E-state index < -0.39 is 47.0 Å². The maximum absolute atomic E-state index is 13.1. The van der Waals surface area contributed by atoms with Crippen LogP contribution < -0.4 is 52.3 Å². The van der Waals surface area contributed by atoms with Crippen LogP contribution in [0.4, 0.5) is 66.4 Å². The fraction of sp³-hybridized carbons (Fsp3) is 0.388. The molecule has 0 fully saturated rings. The molecule has 47 heteroatoms. The van der Waals surface area contributed by atoms with E-state index in [9.17, 15) is 33.6 Å². The van der Waals surface area contributed by atoms with Crippen molar-refractivity contribution in [2.75, 3.05) is 84.4 Å². The van der Waals surface area contributed by atoms with Gasteiger partial charge in [-0.25, -0.2) is 39.1 Å². The number of fused-ring (bicyclic) bond motifs is 13. The van der Waals surface area contributed by atoms with Crippen LogP contribution in [-0.2, 0) is 69.4 Å². The molecular formula is C80H95Cl2N31O14. The van der Waals surface area contributed by atoms with Gasteiger partial charge in [0.25, 0.3) is 17.7 Å². The number of halogens is 2. The lowest BCUT2D eigenvalue weighted by molar-refractivity contribution is 0.0577. The molecule has 0 radical (unpaired) electrons. The van der Waals surface area contributed by atoms with Crippen molar-refractivity contribution in [3.8, 4) is 0 Å². The number of anilines is 9. The van der Waals surface area contributed by atoms with Gasteiger partial charge in [-0.15, -0.1) is 0 Å². The monoisotopic (exact) mass is 1780 g/mol. The normalized spacial score (nSPS) is 14.6. The number of carboxylic acid groups (broad SMARTS) is 1. The highest BCUT2D eigenvalue weighted by molar-refractivity contribution is 6.30. The molecule has 13 heterocycles. The molecule has 127 heavy (non-hydrogen) atoms. The number of amides is 6. The molecule has 8 bridgehead atoms. The van der Waals surface area contributed by atoms with Crippen LogP contribution in [0, 0.1) is 0 Å². The van der Waals surface area contributed by atoms with Gasteiger partial charge in [-0.1, -0.05) is 23.2 Å². The highest BCUT2D eigenvalue weighted by Crippen LogP contribution is 2.34. The van der Waals surface area contributed by atoms with E-state index in [4.69, 9.17) is 62.5 Å². The van der Waals surface area contributed by atoms with Gasteiger partial charge in [-0.2, -0.15) is 83.4 Å². The van der Waals surface area contributed by atoms with Gasteiger partial charge in [0, 0.05) is 91.7 Å². The number of carbonyl (C=O) groups excluding carboxylic acids is 6. The maximum Gasteiger partial charge on any atom is 0.415 e. The largest absolute Gasteiger partial charge is 0.477 e. The van der Waals surface area contributed by atoms with Gasteiger partial charge in [-0.05, 0) is 136 Å². The van der Waals surface area contributed by atoms with Crippen LogP contribution in [0.3, 0.4) is 0 Å². The van der Waals surface area contributed by atoms with Gasteiger partial charge in [0.05, 0.1) is 81.5 Å². The number of carboxylic acids is 1.